The molecular weight excluding hydrogens is 430 g/mol. The summed E-state index contributed by atoms with van der Waals surface area (Å²) in [4.78, 5) is 18.5. The van der Waals surface area contributed by atoms with Gasteiger partial charge >= 0.3 is 0 Å². The molecule has 2 aromatic heterocycles. The predicted octanol–water partition coefficient (Wildman–Crippen LogP) is 0.867. The highest BCUT2D eigenvalue weighted by Gasteiger charge is 2.15. The molecule has 2 aromatic carbocycles. The van der Waals surface area contributed by atoms with Crippen LogP contribution in [0.2, 0.25) is 0 Å². The van der Waals surface area contributed by atoms with Crippen LogP contribution in [-0.2, 0) is 10.0 Å². The molecule has 0 fully saturated rings. The van der Waals surface area contributed by atoms with Crippen molar-refractivity contribution in [1.29, 1.82) is 0 Å². The third kappa shape index (κ3) is 4.46. The van der Waals surface area contributed by atoms with E-state index in [1.54, 1.807) is 12.1 Å². The Kier molecular flexibility index (Phi) is 5.99. The van der Waals surface area contributed by atoms with Crippen LogP contribution in [0.4, 0.5) is 5.69 Å². The lowest BCUT2D eigenvalue weighted by molar-refractivity contribution is -0.0000156. The third-order valence-corrected chi connectivity index (χ3v) is 5.96. The minimum atomic E-state index is -3.86. The number of nitrogens with two attached hydrogens (primary N) is 1. The standard InChI is InChI=1S/C20H15N3O3S2.ClH/c21-28(25,26)14-6-3-5-13(11-14)22-20(24)16-12-18(19-9-4-10-27-19)23-17-8-2-1-7-15(16)17;/h1-12H,(H,22,24)(H2,21,25,26);1H/p-1. The number of nitrogens with zero attached hydrogens (tertiary/aromatic N) is 1. The van der Waals surface area contributed by atoms with Gasteiger partial charge in [-0.2, -0.15) is 0 Å². The number of fused-ring (bicyclic) bond motifs is 1. The van der Waals surface area contributed by atoms with Crippen molar-refractivity contribution in [2.75, 3.05) is 5.32 Å². The maximum atomic E-state index is 13.0. The lowest BCUT2D eigenvalue weighted by atomic mass is 10.1. The molecule has 0 spiro atoms. The molecule has 0 bridgehead atoms. The van der Waals surface area contributed by atoms with Gasteiger partial charge in [0.05, 0.1) is 26.5 Å². The second-order valence-electron chi connectivity index (χ2n) is 6.08. The third-order valence-electron chi connectivity index (χ3n) is 4.15. The van der Waals surface area contributed by atoms with Crippen LogP contribution in [0.1, 0.15) is 10.4 Å². The van der Waals surface area contributed by atoms with Crippen molar-refractivity contribution in [2.24, 2.45) is 5.14 Å². The monoisotopic (exact) mass is 444 g/mol. The molecule has 9 heteroatoms. The number of amides is 1. The van der Waals surface area contributed by atoms with E-state index in [1.165, 1.54) is 29.5 Å². The van der Waals surface area contributed by atoms with E-state index in [0.29, 0.717) is 27.8 Å². The van der Waals surface area contributed by atoms with Gasteiger partial charge in [0.1, 0.15) is 0 Å². The summed E-state index contributed by atoms with van der Waals surface area (Å²) in [6.07, 6.45) is 0. The van der Waals surface area contributed by atoms with E-state index in [2.05, 4.69) is 10.3 Å². The molecule has 2 heterocycles. The summed E-state index contributed by atoms with van der Waals surface area (Å²) in [7, 11) is -3.86. The van der Waals surface area contributed by atoms with E-state index < -0.39 is 10.0 Å². The van der Waals surface area contributed by atoms with Gasteiger partial charge in [0.2, 0.25) is 10.0 Å². The summed E-state index contributed by atoms with van der Waals surface area (Å²) in [5.74, 6) is -0.358. The fraction of sp³-hybridized carbons (Fsp3) is 0. The van der Waals surface area contributed by atoms with Gasteiger partial charge in [-0.25, -0.2) is 18.5 Å². The van der Waals surface area contributed by atoms with E-state index in [-0.39, 0.29) is 23.2 Å². The molecule has 148 valence electrons. The molecule has 1 amide bonds. The summed E-state index contributed by atoms with van der Waals surface area (Å²) < 4.78 is 23.1. The number of thiophene rings is 1. The first-order valence-corrected chi connectivity index (χ1v) is 10.7. The molecular formula is C20H15ClN3O3S2-. The van der Waals surface area contributed by atoms with Gasteiger partial charge in [0.15, 0.2) is 0 Å². The Morgan fingerprint density at radius 3 is 2.52 bits per heavy atom. The number of anilines is 1. The van der Waals surface area contributed by atoms with Crippen molar-refractivity contribution in [3.63, 3.8) is 0 Å². The topological polar surface area (TPSA) is 102 Å². The van der Waals surface area contributed by atoms with Gasteiger partial charge in [0, 0.05) is 11.1 Å². The number of carbonyl (C=O) groups is 1. The zero-order chi connectivity index (χ0) is 19.7. The van der Waals surface area contributed by atoms with Crippen molar-refractivity contribution in [2.45, 2.75) is 4.90 Å². The Morgan fingerprint density at radius 1 is 1.00 bits per heavy atom. The molecule has 0 aliphatic heterocycles. The fourth-order valence-electron chi connectivity index (χ4n) is 2.86. The first kappa shape index (κ1) is 20.9. The van der Waals surface area contributed by atoms with Crippen LogP contribution in [-0.4, -0.2) is 19.3 Å². The lowest BCUT2D eigenvalue weighted by Crippen LogP contribution is -3.00. The number of aromatic nitrogens is 1. The molecule has 3 N–H and O–H groups in total. The second-order valence-corrected chi connectivity index (χ2v) is 8.59. The van der Waals surface area contributed by atoms with Crippen molar-refractivity contribution >= 4 is 43.9 Å². The Labute approximate surface area is 177 Å². The summed E-state index contributed by atoms with van der Waals surface area (Å²) in [6, 6.07) is 18.8. The quantitative estimate of drug-likeness (QED) is 0.487. The van der Waals surface area contributed by atoms with Gasteiger partial charge in [-0.05, 0) is 41.8 Å². The molecule has 0 aliphatic carbocycles. The smallest absolute Gasteiger partial charge is 0.256 e. The largest absolute Gasteiger partial charge is 1.00 e. The molecule has 6 nitrogen and oxygen atoms in total. The molecule has 0 aliphatic rings. The van der Waals surface area contributed by atoms with Crippen LogP contribution >= 0.6 is 11.3 Å². The Hall–Kier alpha value is -2.78. The first-order valence-electron chi connectivity index (χ1n) is 8.30. The molecule has 0 radical (unpaired) electrons. The Bertz CT molecular complexity index is 1290. The molecule has 29 heavy (non-hydrogen) atoms. The number of carbonyl (C=O) groups excluding carboxylic acids is 1. The zero-order valence-corrected chi connectivity index (χ0v) is 17.3. The van der Waals surface area contributed by atoms with Gasteiger partial charge in [-0.1, -0.05) is 30.3 Å². The van der Waals surface area contributed by atoms with Crippen molar-refractivity contribution in [3.05, 3.63) is 77.7 Å². The number of sulfonamides is 1. The summed E-state index contributed by atoms with van der Waals surface area (Å²) in [6.45, 7) is 0. The maximum absolute atomic E-state index is 13.0. The predicted molar refractivity (Wildman–Crippen MR) is 111 cm³/mol. The zero-order valence-electron chi connectivity index (χ0n) is 14.9. The minimum absolute atomic E-state index is 0. The first-order chi connectivity index (χ1) is 13.4. The van der Waals surface area contributed by atoms with Gasteiger partial charge < -0.3 is 17.7 Å². The minimum Gasteiger partial charge on any atom is -1.00 e. The number of pyridine rings is 1. The van der Waals surface area contributed by atoms with Crippen LogP contribution in [0.3, 0.4) is 0 Å². The van der Waals surface area contributed by atoms with E-state index in [1.807, 2.05) is 41.8 Å². The molecule has 4 rings (SSSR count). The normalized spacial score (nSPS) is 11.1. The van der Waals surface area contributed by atoms with Crippen LogP contribution in [0.5, 0.6) is 0 Å². The summed E-state index contributed by atoms with van der Waals surface area (Å²) in [5.41, 5.74) is 2.21. The van der Waals surface area contributed by atoms with Gasteiger partial charge in [-0.3, -0.25) is 4.79 Å². The van der Waals surface area contributed by atoms with E-state index >= 15 is 0 Å². The summed E-state index contributed by atoms with van der Waals surface area (Å²) >= 11 is 1.54. The number of primary sulfonamides is 1. The molecule has 0 atom stereocenters. The van der Waals surface area contributed by atoms with Gasteiger partial charge in [0.25, 0.3) is 5.91 Å². The highest BCUT2D eigenvalue weighted by Crippen LogP contribution is 2.28. The number of nitrogens with one attached hydrogen (secondary N) is 1. The SMILES string of the molecule is NS(=O)(=O)c1cccc(NC(=O)c2cc(-c3cccs3)nc3ccccc23)c1.[Cl-]. The van der Waals surface area contributed by atoms with Crippen molar-refractivity contribution in [1.82, 2.24) is 4.98 Å². The molecule has 0 unspecified atom stereocenters. The number of benzene rings is 2. The average molecular weight is 445 g/mol. The summed E-state index contributed by atoms with van der Waals surface area (Å²) in [5, 5.41) is 10.6. The Balaban J connectivity index is 0.00000240. The number of rotatable bonds is 4. The number of para-hydroxylation sites is 1. The molecule has 4 aromatic rings. The van der Waals surface area contributed by atoms with E-state index in [9.17, 15) is 13.2 Å². The van der Waals surface area contributed by atoms with Crippen LogP contribution in [0.25, 0.3) is 21.5 Å². The fourth-order valence-corrected chi connectivity index (χ4v) is 4.11. The van der Waals surface area contributed by atoms with E-state index in [4.69, 9.17) is 5.14 Å². The Morgan fingerprint density at radius 2 is 1.79 bits per heavy atom. The van der Waals surface area contributed by atoms with Crippen LogP contribution in [0, 0.1) is 0 Å². The molecule has 0 saturated heterocycles. The lowest BCUT2D eigenvalue weighted by Gasteiger charge is -2.10. The highest BCUT2D eigenvalue weighted by molar-refractivity contribution is 7.89. The van der Waals surface area contributed by atoms with Crippen molar-refractivity contribution in [3.8, 4) is 10.6 Å². The second kappa shape index (κ2) is 8.30. The van der Waals surface area contributed by atoms with Gasteiger partial charge in [-0.15, -0.1) is 11.3 Å². The average Bonchev–Trinajstić information content (AvgIpc) is 3.21. The number of hydrogen-bond acceptors (Lipinski definition) is 5. The number of hydrogen-bond donors (Lipinski definition) is 2. The number of halogens is 1. The van der Waals surface area contributed by atoms with E-state index in [0.717, 1.165) is 4.88 Å². The van der Waals surface area contributed by atoms with Crippen LogP contribution in [0.15, 0.2) is 77.0 Å². The molecule has 0 saturated carbocycles. The van der Waals surface area contributed by atoms with Crippen molar-refractivity contribution < 1.29 is 25.6 Å². The maximum Gasteiger partial charge on any atom is 0.256 e. The highest BCUT2D eigenvalue weighted by atomic mass is 35.5. The van der Waals surface area contributed by atoms with Crippen LogP contribution < -0.4 is 22.9 Å².